The third kappa shape index (κ3) is 6.80. The van der Waals surface area contributed by atoms with E-state index in [2.05, 4.69) is 26.1 Å². The molecule has 0 spiro atoms. The van der Waals surface area contributed by atoms with Crippen LogP contribution in [0.25, 0.3) is 0 Å². The van der Waals surface area contributed by atoms with E-state index < -0.39 is 11.7 Å². The Kier molecular flexibility index (Phi) is 5.87. The molecule has 0 bridgehead atoms. The summed E-state index contributed by atoms with van der Waals surface area (Å²) in [5, 5.41) is 3.21. The van der Waals surface area contributed by atoms with Gasteiger partial charge in [0.2, 0.25) is 0 Å². The third-order valence-corrected chi connectivity index (χ3v) is 2.76. The van der Waals surface area contributed by atoms with Crippen LogP contribution in [0.3, 0.4) is 0 Å². The highest BCUT2D eigenvalue weighted by Crippen LogP contribution is 2.31. The van der Waals surface area contributed by atoms with Crippen LogP contribution < -0.4 is 10.1 Å². The van der Waals surface area contributed by atoms with E-state index in [1.165, 1.54) is 12.1 Å². The molecule has 0 aliphatic carbocycles. The van der Waals surface area contributed by atoms with E-state index in [-0.39, 0.29) is 11.2 Å². The van der Waals surface area contributed by atoms with Crippen LogP contribution in [0.15, 0.2) is 24.3 Å². The van der Waals surface area contributed by atoms with Crippen molar-refractivity contribution in [2.24, 2.45) is 5.41 Å². The second kappa shape index (κ2) is 6.97. The molecule has 2 nitrogen and oxygen atoms in total. The molecule has 0 amide bonds. The fourth-order valence-electron chi connectivity index (χ4n) is 1.59. The molecule has 0 atom stereocenters. The molecule has 1 aromatic rings. The summed E-state index contributed by atoms with van der Waals surface area (Å²) in [6, 6.07) is 4.94. The van der Waals surface area contributed by atoms with Crippen molar-refractivity contribution in [2.45, 2.75) is 33.4 Å². The molecule has 1 N–H and O–H groups in total. The maximum Gasteiger partial charge on any atom is 0.416 e. The van der Waals surface area contributed by atoms with Crippen molar-refractivity contribution >= 4 is 0 Å². The van der Waals surface area contributed by atoms with E-state index in [1.54, 1.807) is 0 Å². The molecule has 0 aliphatic heterocycles. The lowest BCUT2D eigenvalue weighted by Gasteiger charge is -2.18. The molecule has 0 radical (unpaired) electrons. The standard InChI is InChI=1S/C15H22F3NO/c1-14(2,3)7-8-19-9-10-20-13-6-4-5-12(11-13)15(16,17)18/h4-6,11,19H,7-10H2,1-3H3. The summed E-state index contributed by atoms with van der Waals surface area (Å²) < 4.78 is 42.8. The summed E-state index contributed by atoms with van der Waals surface area (Å²) in [7, 11) is 0. The van der Waals surface area contributed by atoms with Crippen LogP contribution in [0.2, 0.25) is 0 Å². The number of nitrogens with one attached hydrogen (secondary N) is 1. The van der Waals surface area contributed by atoms with Crippen LogP contribution in [-0.2, 0) is 6.18 Å². The van der Waals surface area contributed by atoms with Crippen molar-refractivity contribution in [3.05, 3.63) is 29.8 Å². The molecular formula is C15H22F3NO. The van der Waals surface area contributed by atoms with E-state index in [0.717, 1.165) is 25.1 Å². The molecule has 0 fully saturated rings. The first kappa shape index (κ1) is 16.8. The third-order valence-electron chi connectivity index (χ3n) is 2.76. The Morgan fingerprint density at radius 1 is 1.10 bits per heavy atom. The van der Waals surface area contributed by atoms with Gasteiger partial charge < -0.3 is 10.1 Å². The van der Waals surface area contributed by atoms with Crippen molar-refractivity contribution in [3.8, 4) is 5.75 Å². The van der Waals surface area contributed by atoms with E-state index in [4.69, 9.17) is 4.74 Å². The Bertz CT molecular complexity index is 410. The molecule has 0 unspecified atom stereocenters. The summed E-state index contributed by atoms with van der Waals surface area (Å²) in [5.74, 6) is 0.248. The lowest BCUT2D eigenvalue weighted by Crippen LogP contribution is -2.25. The smallest absolute Gasteiger partial charge is 0.416 e. The van der Waals surface area contributed by atoms with Gasteiger partial charge in [-0.05, 0) is 36.6 Å². The van der Waals surface area contributed by atoms with Gasteiger partial charge in [0, 0.05) is 6.54 Å². The van der Waals surface area contributed by atoms with Crippen molar-refractivity contribution < 1.29 is 17.9 Å². The second-order valence-corrected chi connectivity index (χ2v) is 5.93. The first-order valence-corrected chi connectivity index (χ1v) is 6.69. The average molecular weight is 289 g/mol. The summed E-state index contributed by atoms with van der Waals surface area (Å²) in [5.41, 5.74) is -0.412. The van der Waals surface area contributed by atoms with Gasteiger partial charge in [0.1, 0.15) is 12.4 Å². The van der Waals surface area contributed by atoms with Crippen molar-refractivity contribution in [2.75, 3.05) is 19.7 Å². The van der Waals surface area contributed by atoms with Gasteiger partial charge in [0.25, 0.3) is 0 Å². The van der Waals surface area contributed by atoms with Gasteiger partial charge >= 0.3 is 6.18 Å². The predicted molar refractivity (Wildman–Crippen MR) is 73.9 cm³/mol. The maximum atomic E-state index is 12.5. The highest BCUT2D eigenvalue weighted by molar-refractivity contribution is 5.30. The first-order valence-electron chi connectivity index (χ1n) is 6.69. The summed E-state index contributed by atoms with van der Waals surface area (Å²) >= 11 is 0. The molecule has 114 valence electrons. The minimum Gasteiger partial charge on any atom is -0.492 e. The van der Waals surface area contributed by atoms with E-state index in [1.807, 2.05) is 0 Å². The average Bonchev–Trinajstić information content (AvgIpc) is 2.31. The van der Waals surface area contributed by atoms with Crippen LogP contribution >= 0.6 is 0 Å². The van der Waals surface area contributed by atoms with Crippen molar-refractivity contribution in [1.82, 2.24) is 5.32 Å². The Hall–Kier alpha value is -1.23. The van der Waals surface area contributed by atoms with Gasteiger partial charge in [-0.25, -0.2) is 0 Å². The molecule has 0 heterocycles. The molecule has 0 saturated heterocycles. The molecule has 0 aromatic heterocycles. The molecule has 5 heteroatoms. The lowest BCUT2D eigenvalue weighted by molar-refractivity contribution is -0.137. The first-order chi connectivity index (χ1) is 9.18. The van der Waals surface area contributed by atoms with Gasteiger partial charge in [0.05, 0.1) is 5.56 Å². The predicted octanol–water partition coefficient (Wildman–Crippen LogP) is 4.11. The Labute approximate surface area is 118 Å². The fourth-order valence-corrected chi connectivity index (χ4v) is 1.59. The number of benzene rings is 1. The number of hydrogen-bond donors (Lipinski definition) is 1. The normalized spacial score (nSPS) is 12.5. The van der Waals surface area contributed by atoms with Gasteiger partial charge in [-0.1, -0.05) is 26.8 Å². The highest BCUT2D eigenvalue weighted by atomic mass is 19.4. The largest absolute Gasteiger partial charge is 0.492 e. The number of ether oxygens (including phenoxy) is 1. The molecule has 0 saturated carbocycles. The van der Waals surface area contributed by atoms with Crippen LogP contribution in [0.5, 0.6) is 5.75 Å². The van der Waals surface area contributed by atoms with E-state index in [0.29, 0.717) is 13.2 Å². The molecule has 1 aromatic carbocycles. The zero-order chi connectivity index (χ0) is 15.2. The van der Waals surface area contributed by atoms with Gasteiger partial charge in [-0.2, -0.15) is 13.2 Å². The second-order valence-electron chi connectivity index (χ2n) is 5.93. The van der Waals surface area contributed by atoms with Gasteiger partial charge in [-0.15, -0.1) is 0 Å². The zero-order valence-corrected chi connectivity index (χ0v) is 12.2. The fraction of sp³-hybridized carbons (Fsp3) is 0.600. The quantitative estimate of drug-likeness (QED) is 0.796. The minimum atomic E-state index is -4.33. The lowest BCUT2D eigenvalue weighted by atomic mass is 9.92. The monoisotopic (exact) mass is 289 g/mol. The molecule has 0 aliphatic rings. The summed E-state index contributed by atoms with van der Waals surface area (Å²) in [4.78, 5) is 0. The van der Waals surface area contributed by atoms with Crippen molar-refractivity contribution in [1.29, 1.82) is 0 Å². The summed E-state index contributed by atoms with van der Waals surface area (Å²) in [6.45, 7) is 8.32. The van der Waals surface area contributed by atoms with E-state index >= 15 is 0 Å². The van der Waals surface area contributed by atoms with Crippen LogP contribution in [0, 0.1) is 5.41 Å². The molecule has 1 rings (SSSR count). The zero-order valence-electron chi connectivity index (χ0n) is 12.2. The van der Waals surface area contributed by atoms with Crippen molar-refractivity contribution in [3.63, 3.8) is 0 Å². The SMILES string of the molecule is CC(C)(C)CCNCCOc1cccc(C(F)(F)F)c1. The Morgan fingerprint density at radius 3 is 2.40 bits per heavy atom. The van der Waals surface area contributed by atoms with E-state index in [9.17, 15) is 13.2 Å². The Morgan fingerprint density at radius 2 is 1.80 bits per heavy atom. The number of hydrogen-bond acceptors (Lipinski definition) is 2. The molecular weight excluding hydrogens is 267 g/mol. The summed E-state index contributed by atoms with van der Waals surface area (Å²) in [6.07, 6.45) is -3.29. The van der Waals surface area contributed by atoms with Gasteiger partial charge in [0.15, 0.2) is 0 Å². The van der Waals surface area contributed by atoms with Crippen LogP contribution in [0.4, 0.5) is 13.2 Å². The number of rotatable bonds is 6. The maximum absolute atomic E-state index is 12.5. The highest BCUT2D eigenvalue weighted by Gasteiger charge is 2.30. The number of halogens is 3. The van der Waals surface area contributed by atoms with Crippen LogP contribution in [-0.4, -0.2) is 19.7 Å². The minimum absolute atomic E-state index is 0.248. The number of alkyl halides is 3. The van der Waals surface area contributed by atoms with Gasteiger partial charge in [-0.3, -0.25) is 0 Å². The topological polar surface area (TPSA) is 21.3 Å². The molecule has 20 heavy (non-hydrogen) atoms. The Balaban J connectivity index is 2.29. The van der Waals surface area contributed by atoms with Crippen LogP contribution in [0.1, 0.15) is 32.8 Å².